The van der Waals surface area contributed by atoms with Gasteiger partial charge in [-0.2, -0.15) is 13.2 Å². The van der Waals surface area contributed by atoms with E-state index in [0.29, 0.717) is 9.32 Å². The summed E-state index contributed by atoms with van der Waals surface area (Å²) in [6.07, 6.45) is -3.66. The molecule has 0 heterocycles. The molecule has 3 nitrogen and oxygen atoms in total. The van der Waals surface area contributed by atoms with Crippen LogP contribution in [-0.4, -0.2) is 12.5 Å². The first-order valence-electron chi connectivity index (χ1n) is 7.18. The second-order valence-corrected chi connectivity index (χ2v) is 6.27. The van der Waals surface area contributed by atoms with Gasteiger partial charge in [-0.1, -0.05) is 19.1 Å². The SMILES string of the molecule is CCc1ccc(OCC(=O)Nc2ccc(I)cc2C(F)(F)F)cc1. The molecule has 1 N–H and O–H groups in total. The van der Waals surface area contributed by atoms with Crippen molar-refractivity contribution in [1.29, 1.82) is 0 Å². The summed E-state index contributed by atoms with van der Waals surface area (Å²) in [4.78, 5) is 11.9. The number of hydrogen-bond donors (Lipinski definition) is 1. The Morgan fingerprint density at radius 1 is 1.17 bits per heavy atom. The van der Waals surface area contributed by atoms with E-state index in [0.717, 1.165) is 18.1 Å². The number of amides is 1. The van der Waals surface area contributed by atoms with E-state index < -0.39 is 17.6 Å². The maximum atomic E-state index is 13.0. The molecule has 2 aromatic carbocycles. The van der Waals surface area contributed by atoms with Crippen LogP contribution >= 0.6 is 22.6 Å². The number of alkyl halides is 3. The van der Waals surface area contributed by atoms with Crippen LogP contribution in [0.4, 0.5) is 18.9 Å². The predicted molar refractivity (Wildman–Crippen MR) is 94.1 cm³/mol. The molecule has 2 aromatic rings. The monoisotopic (exact) mass is 449 g/mol. The number of nitrogens with one attached hydrogen (secondary N) is 1. The van der Waals surface area contributed by atoms with Crippen molar-refractivity contribution < 1.29 is 22.7 Å². The van der Waals surface area contributed by atoms with Crippen molar-refractivity contribution in [1.82, 2.24) is 0 Å². The molecule has 0 radical (unpaired) electrons. The summed E-state index contributed by atoms with van der Waals surface area (Å²) in [6, 6.07) is 10.9. The highest BCUT2D eigenvalue weighted by Gasteiger charge is 2.34. The molecule has 128 valence electrons. The highest BCUT2D eigenvalue weighted by molar-refractivity contribution is 14.1. The Labute approximate surface area is 151 Å². The summed E-state index contributed by atoms with van der Waals surface area (Å²) >= 11 is 1.79. The molecule has 0 atom stereocenters. The maximum Gasteiger partial charge on any atom is 0.418 e. The molecule has 0 saturated heterocycles. The number of anilines is 1. The lowest BCUT2D eigenvalue weighted by atomic mass is 10.1. The van der Waals surface area contributed by atoms with Gasteiger partial charge in [0.1, 0.15) is 5.75 Å². The highest BCUT2D eigenvalue weighted by Crippen LogP contribution is 2.35. The van der Waals surface area contributed by atoms with Gasteiger partial charge in [0, 0.05) is 3.57 Å². The lowest BCUT2D eigenvalue weighted by molar-refractivity contribution is -0.137. The fraction of sp³-hybridized carbons (Fsp3) is 0.235. The van der Waals surface area contributed by atoms with Gasteiger partial charge >= 0.3 is 6.18 Å². The van der Waals surface area contributed by atoms with Crippen LogP contribution in [0.5, 0.6) is 5.75 Å². The topological polar surface area (TPSA) is 38.3 Å². The van der Waals surface area contributed by atoms with Crippen molar-refractivity contribution in [3.8, 4) is 5.75 Å². The minimum absolute atomic E-state index is 0.280. The Bertz CT molecular complexity index is 715. The first-order valence-corrected chi connectivity index (χ1v) is 8.26. The molecule has 0 aliphatic carbocycles. The molecule has 0 aromatic heterocycles. The lowest BCUT2D eigenvalue weighted by Crippen LogP contribution is -2.22. The number of carbonyl (C=O) groups excluding carboxylic acids is 1. The van der Waals surface area contributed by atoms with Crippen LogP contribution in [-0.2, 0) is 17.4 Å². The van der Waals surface area contributed by atoms with Crippen LogP contribution in [0.1, 0.15) is 18.1 Å². The average Bonchev–Trinajstić information content (AvgIpc) is 2.54. The highest BCUT2D eigenvalue weighted by atomic mass is 127. The van der Waals surface area contributed by atoms with Crippen LogP contribution in [0, 0.1) is 3.57 Å². The number of benzene rings is 2. The zero-order valence-corrected chi connectivity index (χ0v) is 14.9. The summed E-state index contributed by atoms with van der Waals surface area (Å²) in [7, 11) is 0. The van der Waals surface area contributed by atoms with Gasteiger partial charge in [-0.15, -0.1) is 0 Å². The summed E-state index contributed by atoms with van der Waals surface area (Å²) in [5.74, 6) is -0.165. The van der Waals surface area contributed by atoms with Gasteiger partial charge in [0.25, 0.3) is 5.91 Å². The molecule has 24 heavy (non-hydrogen) atoms. The van der Waals surface area contributed by atoms with Gasteiger partial charge < -0.3 is 10.1 Å². The van der Waals surface area contributed by atoms with Crippen molar-refractivity contribution in [2.45, 2.75) is 19.5 Å². The zero-order valence-electron chi connectivity index (χ0n) is 12.8. The van der Waals surface area contributed by atoms with E-state index in [9.17, 15) is 18.0 Å². The van der Waals surface area contributed by atoms with Crippen molar-refractivity contribution in [3.63, 3.8) is 0 Å². The Balaban J connectivity index is 2.02. The molecule has 0 spiro atoms. The van der Waals surface area contributed by atoms with Crippen molar-refractivity contribution in [2.75, 3.05) is 11.9 Å². The van der Waals surface area contributed by atoms with Crippen molar-refractivity contribution >= 4 is 34.2 Å². The van der Waals surface area contributed by atoms with Gasteiger partial charge in [-0.25, -0.2) is 0 Å². The minimum Gasteiger partial charge on any atom is -0.484 e. The number of carbonyl (C=O) groups is 1. The first kappa shape index (κ1) is 18.6. The number of halogens is 4. The summed E-state index contributed by atoms with van der Waals surface area (Å²) in [6.45, 7) is 1.65. The van der Waals surface area contributed by atoms with Crippen LogP contribution < -0.4 is 10.1 Å². The average molecular weight is 449 g/mol. The standard InChI is InChI=1S/C17H15F3INO2/c1-2-11-3-6-13(7-4-11)24-10-16(23)22-15-8-5-12(21)9-14(15)17(18,19)20/h3-9H,2,10H2,1H3,(H,22,23). The number of hydrogen-bond acceptors (Lipinski definition) is 2. The number of ether oxygens (including phenoxy) is 1. The Hall–Kier alpha value is -1.77. The van der Waals surface area contributed by atoms with Crippen molar-refractivity contribution in [3.05, 3.63) is 57.2 Å². The molecule has 0 bridgehead atoms. The molecule has 2 rings (SSSR count). The minimum atomic E-state index is -4.54. The van der Waals surface area contributed by atoms with E-state index in [1.165, 1.54) is 12.1 Å². The Kier molecular flexibility index (Phi) is 6.09. The molecule has 0 aliphatic rings. The van der Waals surface area contributed by atoms with E-state index >= 15 is 0 Å². The normalized spacial score (nSPS) is 11.2. The number of aryl methyl sites for hydroxylation is 1. The molecular weight excluding hydrogens is 434 g/mol. The third-order valence-corrected chi connectivity index (χ3v) is 3.93. The largest absolute Gasteiger partial charge is 0.484 e. The molecule has 7 heteroatoms. The molecule has 0 saturated carbocycles. The molecule has 1 amide bonds. The smallest absolute Gasteiger partial charge is 0.418 e. The third-order valence-electron chi connectivity index (χ3n) is 3.26. The van der Waals surface area contributed by atoms with Crippen LogP contribution in [0.3, 0.4) is 0 Å². The third kappa shape index (κ3) is 5.12. The van der Waals surface area contributed by atoms with Gasteiger partial charge in [0.2, 0.25) is 0 Å². The van der Waals surface area contributed by atoms with Crippen LogP contribution in [0.25, 0.3) is 0 Å². The fourth-order valence-electron chi connectivity index (χ4n) is 2.02. The predicted octanol–water partition coefficient (Wildman–Crippen LogP) is 4.89. The molecule has 0 fully saturated rings. The van der Waals surface area contributed by atoms with Crippen LogP contribution in [0.2, 0.25) is 0 Å². The second kappa shape index (κ2) is 7.87. The van der Waals surface area contributed by atoms with E-state index in [2.05, 4.69) is 5.32 Å². The second-order valence-electron chi connectivity index (χ2n) is 5.02. The van der Waals surface area contributed by atoms with Gasteiger partial charge in [-0.3, -0.25) is 4.79 Å². The van der Waals surface area contributed by atoms with Crippen LogP contribution in [0.15, 0.2) is 42.5 Å². The lowest BCUT2D eigenvalue weighted by Gasteiger charge is -2.14. The molecular formula is C17H15F3INO2. The van der Waals surface area contributed by atoms with E-state index in [-0.39, 0.29) is 12.3 Å². The quantitative estimate of drug-likeness (QED) is 0.661. The molecule has 0 aliphatic heterocycles. The summed E-state index contributed by atoms with van der Waals surface area (Å²) in [5.41, 5.74) is -0.0339. The fourth-order valence-corrected chi connectivity index (χ4v) is 2.51. The maximum absolute atomic E-state index is 13.0. The zero-order chi connectivity index (χ0) is 17.7. The summed E-state index contributed by atoms with van der Waals surface area (Å²) in [5, 5.41) is 2.25. The summed E-state index contributed by atoms with van der Waals surface area (Å²) < 4.78 is 44.8. The van der Waals surface area contributed by atoms with Gasteiger partial charge in [0.15, 0.2) is 6.61 Å². The first-order chi connectivity index (χ1) is 11.3. The van der Waals surface area contributed by atoms with Gasteiger partial charge in [0.05, 0.1) is 11.3 Å². The number of rotatable bonds is 5. The van der Waals surface area contributed by atoms with E-state index in [4.69, 9.17) is 4.74 Å². The molecule has 0 unspecified atom stereocenters. The van der Waals surface area contributed by atoms with E-state index in [1.54, 1.807) is 34.7 Å². The Morgan fingerprint density at radius 2 is 1.83 bits per heavy atom. The Morgan fingerprint density at radius 3 is 2.42 bits per heavy atom. The van der Waals surface area contributed by atoms with E-state index in [1.807, 2.05) is 19.1 Å². The van der Waals surface area contributed by atoms with Crippen molar-refractivity contribution in [2.24, 2.45) is 0 Å². The van der Waals surface area contributed by atoms with Gasteiger partial charge in [-0.05, 0) is 64.9 Å².